The van der Waals surface area contributed by atoms with Crippen molar-refractivity contribution in [1.82, 2.24) is 5.32 Å². The molecule has 0 heterocycles. The maximum absolute atomic E-state index is 6.74. The highest BCUT2D eigenvalue weighted by Crippen LogP contribution is 1.80. The van der Waals surface area contributed by atoms with Gasteiger partial charge in [-0.15, -0.1) is 12.4 Å². The fourth-order valence-electron chi connectivity index (χ4n) is 0.400. The van der Waals surface area contributed by atoms with Crippen molar-refractivity contribution in [2.24, 2.45) is 5.73 Å². The van der Waals surface area contributed by atoms with Gasteiger partial charge in [0.25, 0.3) is 0 Å². The van der Waals surface area contributed by atoms with Crippen molar-refractivity contribution >= 4 is 18.4 Å². The number of hydrogen-bond acceptors (Lipinski definition) is 1. The number of halogens is 1. The van der Waals surface area contributed by atoms with Crippen LogP contribution in [0.1, 0.15) is 19.8 Å². The minimum Gasteiger partial charge on any atom is -0.370 e. The second-order valence-corrected chi connectivity index (χ2v) is 1.69. The molecule has 0 rings (SSSR count). The predicted octanol–water partition coefficient (Wildman–Crippen LogP) is 0.691. The van der Waals surface area contributed by atoms with Gasteiger partial charge in [0.2, 0.25) is 0 Å². The topological polar surface area (TPSA) is 61.9 Å². The first-order valence-electron chi connectivity index (χ1n) is 2.85. The smallest absolute Gasteiger partial charge is 0.185 e. The molecule has 3 nitrogen and oxygen atoms in total. The van der Waals surface area contributed by atoms with Crippen molar-refractivity contribution in [1.29, 1.82) is 5.41 Å². The predicted molar refractivity (Wildman–Crippen MR) is 42.1 cm³/mol. The van der Waals surface area contributed by atoms with Crippen molar-refractivity contribution in [3.05, 3.63) is 0 Å². The third-order valence-corrected chi connectivity index (χ3v) is 0.846. The van der Waals surface area contributed by atoms with E-state index in [0.29, 0.717) is 0 Å². The van der Waals surface area contributed by atoms with Gasteiger partial charge in [-0.1, -0.05) is 13.3 Å². The molecule has 9 heavy (non-hydrogen) atoms. The number of nitrogens with two attached hydrogens (primary N) is 1. The molecule has 0 saturated carbocycles. The van der Waals surface area contributed by atoms with Gasteiger partial charge >= 0.3 is 0 Å². The zero-order valence-electron chi connectivity index (χ0n) is 5.61. The largest absolute Gasteiger partial charge is 0.370 e. The SMILES string of the molecule is CCCCNC(=N)N.Cl. The zero-order valence-corrected chi connectivity index (χ0v) is 6.42. The minimum atomic E-state index is 0. The summed E-state index contributed by atoms with van der Waals surface area (Å²) < 4.78 is 0. The van der Waals surface area contributed by atoms with E-state index in [4.69, 9.17) is 11.1 Å². The second-order valence-electron chi connectivity index (χ2n) is 1.69. The molecule has 0 aromatic carbocycles. The van der Waals surface area contributed by atoms with Crippen LogP contribution in [-0.4, -0.2) is 12.5 Å². The summed E-state index contributed by atoms with van der Waals surface area (Å²) in [5, 5.41) is 9.45. The van der Waals surface area contributed by atoms with E-state index in [1.165, 1.54) is 0 Å². The van der Waals surface area contributed by atoms with E-state index < -0.39 is 0 Å². The van der Waals surface area contributed by atoms with E-state index in [9.17, 15) is 0 Å². The van der Waals surface area contributed by atoms with Gasteiger partial charge in [-0.2, -0.15) is 0 Å². The summed E-state index contributed by atoms with van der Waals surface area (Å²) in [6.45, 7) is 2.92. The Hall–Kier alpha value is -0.440. The Morgan fingerprint density at radius 1 is 1.67 bits per heavy atom. The summed E-state index contributed by atoms with van der Waals surface area (Å²) in [5.74, 6) is 0.0680. The summed E-state index contributed by atoms with van der Waals surface area (Å²) in [7, 11) is 0. The fourth-order valence-corrected chi connectivity index (χ4v) is 0.400. The Balaban J connectivity index is 0. The highest BCUT2D eigenvalue weighted by atomic mass is 35.5. The van der Waals surface area contributed by atoms with E-state index in [1.54, 1.807) is 0 Å². The van der Waals surface area contributed by atoms with Crippen LogP contribution >= 0.6 is 12.4 Å². The monoisotopic (exact) mass is 151 g/mol. The molecule has 0 aromatic heterocycles. The number of unbranched alkanes of at least 4 members (excludes halogenated alkanes) is 1. The summed E-state index contributed by atoms with van der Waals surface area (Å²) in [4.78, 5) is 0. The molecular formula is C5H14ClN3. The van der Waals surface area contributed by atoms with Crippen LogP contribution in [0.25, 0.3) is 0 Å². The van der Waals surface area contributed by atoms with Crippen LogP contribution in [0.4, 0.5) is 0 Å². The van der Waals surface area contributed by atoms with Gasteiger partial charge < -0.3 is 11.1 Å². The molecule has 4 heteroatoms. The van der Waals surface area contributed by atoms with Crippen LogP contribution in [0.2, 0.25) is 0 Å². The molecule has 0 fully saturated rings. The lowest BCUT2D eigenvalue weighted by atomic mass is 10.3. The van der Waals surface area contributed by atoms with Gasteiger partial charge in [-0.3, -0.25) is 5.41 Å². The molecule has 0 radical (unpaired) electrons. The third kappa shape index (κ3) is 11.2. The van der Waals surface area contributed by atoms with E-state index in [-0.39, 0.29) is 18.4 Å². The Morgan fingerprint density at radius 2 is 2.22 bits per heavy atom. The number of guanidine groups is 1. The van der Waals surface area contributed by atoms with Gasteiger partial charge in [0.05, 0.1) is 0 Å². The van der Waals surface area contributed by atoms with Crippen LogP contribution in [0.5, 0.6) is 0 Å². The molecule has 0 unspecified atom stereocenters. The normalized spacial score (nSPS) is 7.67. The molecule has 0 atom stereocenters. The molecule has 0 aromatic rings. The van der Waals surface area contributed by atoms with Crippen molar-refractivity contribution in [2.45, 2.75) is 19.8 Å². The summed E-state index contributed by atoms with van der Waals surface area (Å²) >= 11 is 0. The van der Waals surface area contributed by atoms with Gasteiger partial charge in [-0.05, 0) is 6.42 Å². The summed E-state index contributed by atoms with van der Waals surface area (Å²) in [6.07, 6.45) is 2.22. The molecule has 0 aliphatic rings. The maximum Gasteiger partial charge on any atom is 0.185 e. The van der Waals surface area contributed by atoms with Crippen molar-refractivity contribution in [2.75, 3.05) is 6.54 Å². The van der Waals surface area contributed by atoms with Crippen LogP contribution in [-0.2, 0) is 0 Å². The highest BCUT2D eigenvalue weighted by Gasteiger charge is 1.82. The molecule has 0 amide bonds. The van der Waals surface area contributed by atoms with Crippen LogP contribution in [0, 0.1) is 5.41 Å². The Kier molecular flexibility index (Phi) is 9.55. The molecule has 0 aliphatic carbocycles. The molecule has 0 spiro atoms. The van der Waals surface area contributed by atoms with E-state index >= 15 is 0 Å². The highest BCUT2D eigenvalue weighted by molar-refractivity contribution is 5.85. The first-order chi connectivity index (χ1) is 3.77. The quantitative estimate of drug-likeness (QED) is 0.316. The summed E-state index contributed by atoms with van der Waals surface area (Å²) in [5.41, 5.74) is 5.01. The molecule has 0 bridgehead atoms. The third-order valence-electron chi connectivity index (χ3n) is 0.846. The van der Waals surface area contributed by atoms with E-state index in [0.717, 1.165) is 19.4 Å². The average Bonchev–Trinajstić information content (AvgIpc) is 1.66. The van der Waals surface area contributed by atoms with Crippen LogP contribution < -0.4 is 11.1 Å². The summed E-state index contributed by atoms with van der Waals surface area (Å²) in [6, 6.07) is 0. The molecule has 0 aliphatic heterocycles. The second kappa shape index (κ2) is 7.56. The number of rotatable bonds is 3. The first kappa shape index (κ1) is 11.4. The van der Waals surface area contributed by atoms with Crippen LogP contribution in [0.15, 0.2) is 0 Å². The van der Waals surface area contributed by atoms with E-state index in [1.807, 2.05) is 0 Å². The van der Waals surface area contributed by atoms with Gasteiger partial charge in [0.15, 0.2) is 5.96 Å². The van der Waals surface area contributed by atoms with Crippen molar-refractivity contribution < 1.29 is 0 Å². The zero-order chi connectivity index (χ0) is 6.41. The Labute approximate surface area is 61.9 Å². The van der Waals surface area contributed by atoms with Crippen molar-refractivity contribution in [3.63, 3.8) is 0 Å². The van der Waals surface area contributed by atoms with Gasteiger partial charge in [0, 0.05) is 6.54 Å². The number of nitrogens with one attached hydrogen (secondary N) is 2. The molecular weight excluding hydrogens is 138 g/mol. The minimum absolute atomic E-state index is 0. The molecule has 56 valence electrons. The lowest BCUT2D eigenvalue weighted by molar-refractivity contribution is 0.749. The Morgan fingerprint density at radius 3 is 2.56 bits per heavy atom. The number of hydrogen-bond donors (Lipinski definition) is 3. The molecule has 4 N–H and O–H groups in total. The maximum atomic E-state index is 6.74. The first-order valence-corrected chi connectivity index (χ1v) is 2.85. The van der Waals surface area contributed by atoms with Gasteiger partial charge in [-0.25, -0.2) is 0 Å². The standard InChI is InChI=1S/C5H13N3.ClH/c1-2-3-4-8-5(6)7;/h2-4H2,1H3,(H4,6,7,8);1H. The van der Waals surface area contributed by atoms with Gasteiger partial charge in [0.1, 0.15) is 0 Å². The van der Waals surface area contributed by atoms with E-state index in [2.05, 4.69) is 12.2 Å². The van der Waals surface area contributed by atoms with Crippen molar-refractivity contribution in [3.8, 4) is 0 Å². The lowest BCUT2D eigenvalue weighted by Gasteiger charge is -1.98. The average molecular weight is 152 g/mol. The lowest BCUT2D eigenvalue weighted by Crippen LogP contribution is -2.30. The fraction of sp³-hybridized carbons (Fsp3) is 0.800. The Bertz CT molecular complexity index is 74.6. The van der Waals surface area contributed by atoms with Crippen LogP contribution in [0.3, 0.4) is 0 Å². The molecule has 0 saturated heterocycles.